The van der Waals surface area contributed by atoms with Crippen molar-refractivity contribution in [2.24, 2.45) is 7.05 Å². The summed E-state index contributed by atoms with van der Waals surface area (Å²) >= 11 is 1.40. The minimum absolute atomic E-state index is 0.0290. The summed E-state index contributed by atoms with van der Waals surface area (Å²) in [5, 5.41) is 3.26. The van der Waals surface area contributed by atoms with Crippen molar-refractivity contribution in [1.29, 1.82) is 0 Å². The number of imidazole rings is 1. The first-order chi connectivity index (χ1) is 10.1. The number of nitrogens with one attached hydrogen (secondary N) is 1. The number of anilines is 1. The zero-order valence-electron chi connectivity index (χ0n) is 11.7. The number of hydrogen-bond donors (Lipinski definition) is 1. The van der Waals surface area contributed by atoms with Crippen LogP contribution in [-0.2, 0) is 18.4 Å². The summed E-state index contributed by atoms with van der Waals surface area (Å²) in [6.45, 7) is 1.89. The number of carbonyl (C=O) groups excluding carboxylic acids is 1. The molecule has 0 aliphatic heterocycles. The molecule has 0 fully saturated rings. The Bertz CT molecular complexity index is 875. The predicted octanol–water partition coefficient (Wildman–Crippen LogP) is 1.74. The monoisotopic (exact) mass is 302 g/mol. The van der Waals surface area contributed by atoms with E-state index < -0.39 is 0 Å². The molecule has 0 saturated carbocycles. The van der Waals surface area contributed by atoms with Crippen molar-refractivity contribution < 1.29 is 4.79 Å². The smallest absolute Gasteiger partial charge is 0.300 e. The molecule has 1 amide bonds. The predicted molar refractivity (Wildman–Crippen MR) is 82.7 cm³/mol. The maximum atomic E-state index is 12.2. The lowest BCUT2D eigenvalue weighted by molar-refractivity contribution is -0.116. The molecule has 7 heteroatoms. The largest absolute Gasteiger partial charge is 0.329 e. The highest BCUT2D eigenvalue weighted by atomic mass is 32.1. The van der Waals surface area contributed by atoms with Crippen LogP contribution in [0.3, 0.4) is 0 Å². The molecule has 108 valence electrons. The van der Waals surface area contributed by atoms with Crippen LogP contribution in [0.2, 0.25) is 0 Å². The minimum atomic E-state index is -0.261. The van der Waals surface area contributed by atoms with Crippen LogP contribution in [0.15, 0.2) is 35.3 Å². The van der Waals surface area contributed by atoms with Gasteiger partial charge in [0.2, 0.25) is 5.91 Å². The van der Waals surface area contributed by atoms with Gasteiger partial charge in [0.05, 0.1) is 11.0 Å². The number of aryl methyl sites for hydroxylation is 2. The van der Waals surface area contributed by atoms with Crippen LogP contribution >= 0.6 is 11.3 Å². The van der Waals surface area contributed by atoms with E-state index in [1.807, 2.05) is 31.2 Å². The van der Waals surface area contributed by atoms with Gasteiger partial charge in [0, 0.05) is 18.1 Å². The quantitative estimate of drug-likeness (QED) is 0.801. The number of aromatic nitrogens is 3. The minimum Gasteiger partial charge on any atom is -0.300 e. The van der Waals surface area contributed by atoms with Crippen LogP contribution in [0.1, 0.15) is 4.88 Å². The maximum Gasteiger partial charge on any atom is 0.329 e. The molecule has 6 nitrogen and oxygen atoms in total. The van der Waals surface area contributed by atoms with Crippen molar-refractivity contribution >= 4 is 33.4 Å². The summed E-state index contributed by atoms with van der Waals surface area (Å²) < 4.78 is 3.00. The Hall–Kier alpha value is -2.41. The second kappa shape index (κ2) is 5.17. The summed E-state index contributed by atoms with van der Waals surface area (Å²) in [5.74, 6) is -0.261. The van der Waals surface area contributed by atoms with Crippen LogP contribution in [0.4, 0.5) is 5.13 Å². The van der Waals surface area contributed by atoms with Crippen LogP contribution in [0, 0.1) is 6.92 Å². The lowest BCUT2D eigenvalue weighted by Gasteiger charge is -2.03. The Labute approximate surface area is 124 Å². The van der Waals surface area contributed by atoms with Gasteiger partial charge in [0.15, 0.2) is 5.13 Å². The summed E-state index contributed by atoms with van der Waals surface area (Å²) in [4.78, 5) is 29.4. The maximum absolute atomic E-state index is 12.2. The number of amides is 1. The molecule has 0 spiro atoms. The van der Waals surface area contributed by atoms with Gasteiger partial charge in [-0.05, 0) is 19.1 Å². The first-order valence-corrected chi connectivity index (χ1v) is 7.24. The lowest BCUT2D eigenvalue weighted by Crippen LogP contribution is -2.28. The van der Waals surface area contributed by atoms with Gasteiger partial charge in [-0.15, -0.1) is 11.3 Å². The summed E-state index contributed by atoms with van der Waals surface area (Å²) in [5.41, 5.74) is 1.34. The first-order valence-electron chi connectivity index (χ1n) is 6.43. The lowest BCUT2D eigenvalue weighted by atomic mass is 10.3. The molecule has 2 aromatic heterocycles. The molecule has 0 unspecified atom stereocenters. The number of hydrogen-bond acceptors (Lipinski definition) is 4. The summed E-state index contributed by atoms with van der Waals surface area (Å²) in [7, 11) is 1.70. The molecule has 0 bridgehead atoms. The molecule has 3 aromatic rings. The number of para-hydroxylation sites is 2. The molecule has 0 atom stereocenters. The van der Waals surface area contributed by atoms with Crippen molar-refractivity contribution in [1.82, 2.24) is 14.1 Å². The molecule has 0 saturated heterocycles. The average molecular weight is 302 g/mol. The van der Waals surface area contributed by atoms with Crippen LogP contribution in [0.25, 0.3) is 11.0 Å². The van der Waals surface area contributed by atoms with Crippen LogP contribution in [0.5, 0.6) is 0 Å². The van der Waals surface area contributed by atoms with E-state index >= 15 is 0 Å². The molecule has 0 radical (unpaired) electrons. The van der Waals surface area contributed by atoms with E-state index in [1.165, 1.54) is 20.5 Å². The van der Waals surface area contributed by atoms with Gasteiger partial charge in [-0.2, -0.15) is 0 Å². The number of carbonyl (C=O) groups is 1. The van der Waals surface area contributed by atoms with E-state index in [1.54, 1.807) is 13.2 Å². The van der Waals surface area contributed by atoms with Crippen LogP contribution in [-0.4, -0.2) is 20.0 Å². The summed E-state index contributed by atoms with van der Waals surface area (Å²) in [6, 6.07) is 7.40. The molecule has 0 aliphatic carbocycles. The molecular formula is C14H14N4O2S. The van der Waals surface area contributed by atoms with E-state index in [0.717, 1.165) is 15.9 Å². The van der Waals surface area contributed by atoms with E-state index in [9.17, 15) is 9.59 Å². The van der Waals surface area contributed by atoms with E-state index in [0.29, 0.717) is 5.13 Å². The van der Waals surface area contributed by atoms with Gasteiger partial charge in [-0.25, -0.2) is 9.78 Å². The highest BCUT2D eigenvalue weighted by Crippen LogP contribution is 2.17. The molecular weight excluding hydrogens is 288 g/mol. The number of rotatable bonds is 3. The van der Waals surface area contributed by atoms with Crippen LogP contribution < -0.4 is 11.0 Å². The second-order valence-electron chi connectivity index (χ2n) is 4.74. The normalized spacial score (nSPS) is 11.0. The standard InChI is InChI=1S/C14H14N4O2S/c1-9-7-15-13(21-9)16-12(19)8-18-11-6-4-3-5-10(11)17(2)14(18)20/h3-7H,8H2,1-2H3,(H,15,16,19). The van der Waals surface area contributed by atoms with E-state index in [2.05, 4.69) is 10.3 Å². The summed E-state index contributed by atoms with van der Waals surface area (Å²) in [6.07, 6.45) is 1.70. The van der Waals surface area contributed by atoms with Gasteiger partial charge in [0.1, 0.15) is 6.54 Å². The Balaban J connectivity index is 1.90. The molecule has 2 heterocycles. The second-order valence-corrected chi connectivity index (χ2v) is 5.98. The Morgan fingerprint density at radius 1 is 1.33 bits per heavy atom. The topological polar surface area (TPSA) is 68.9 Å². The number of benzene rings is 1. The number of thiazole rings is 1. The Kier molecular flexibility index (Phi) is 3.34. The van der Waals surface area contributed by atoms with E-state index in [-0.39, 0.29) is 18.1 Å². The Morgan fingerprint density at radius 3 is 2.71 bits per heavy atom. The zero-order chi connectivity index (χ0) is 15.0. The zero-order valence-corrected chi connectivity index (χ0v) is 12.5. The fraction of sp³-hybridized carbons (Fsp3) is 0.214. The number of nitrogens with zero attached hydrogens (tertiary/aromatic N) is 3. The fourth-order valence-corrected chi connectivity index (χ4v) is 2.91. The van der Waals surface area contributed by atoms with E-state index in [4.69, 9.17) is 0 Å². The molecule has 0 aliphatic rings. The Morgan fingerprint density at radius 2 is 2.05 bits per heavy atom. The van der Waals surface area contributed by atoms with Gasteiger partial charge < -0.3 is 5.32 Å². The SMILES string of the molecule is Cc1cnc(NC(=O)Cn2c(=O)n(C)c3ccccc32)s1. The first kappa shape index (κ1) is 13.6. The molecule has 3 rings (SSSR count). The molecule has 1 N–H and O–H groups in total. The van der Waals surface area contributed by atoms with Gasteiger partial charge in [-0.3, -0.25) is 13.9 Å². The third-order valence-corrected chi connectivity index (χ3v) is 4.05. The van der Waals surface area contributed by atoms with Crippen molar-refractivity contribution in [3.05, 3.63) is 45.8 Å². The van der Waals surface area contributed by atoms with Crippen molar-refractivity contribution in [2.75, 3.05) is 5.32 Å². The van der Waals surface area contributed by atoms with Crippen molar-refractivity contribution in [3.63, 3.8) is 0 Å². The third kappa shape index (κ3) is 2.47. The molecule has 21 heavy (non-hydrogen) atoms. The fourth-order valence-electron chi connectivity index (χ4n) is 2.23. The third-order valence-electron chi connectivity index (χ3n) is 3.22. The highest BCUT2D eigenvalue weighted by Gasteiger charge is 2.13. The number of fused-ring (bicyclic) bond motifs is 1. The van der Waals surface area contributed by atoms with Gasteiger partial charge in [0.25, 0.3) is 0 Å². The van der Waals surface area contributed by atoms with Gasteiger partial charge >= 0.3 is 5.69 Å². The highest BCUT2D eigenvalue weighted by molar-refractivity contribution is 7.15. The van der Waals surface area contributed by atoms with Crippen molar-refractivity contribution in [2.45, 2.75) is 13.5 Å². The molecule has 1 aromatic carbocycles. The average Bonchev–Trinajstić information content (AvgIpc) is 2.97. The van der Waals surface area contributed by atoms with Crippen molar-refractivity contribution in [3.8, 4) is 0 Å². The van der Waals surface area contributed by atoms with Gasteiger partial charge in [-0.1, -0.05) is 12.1 Å².